The summed E-state index contributed by atoms with van der Waals surface area (Å²) in [7, 11) is 0. The number of rotatable bonds is 4. The van der Waals surface area contributed by atoms with Crippen LogP contribution in [-0.2, 0) is 0 Å². The van der Waals surface area contributed by atoms with E-state index in [0.717, 1.165) is 5.56 Å². The fourth-order valence-electron chi connectivity index (χ4n) is 1.78. The molecule has 0 unspecified atom stereocenters. The van der Waals surface area contributed by atoms with Gasteiger partial charge in [-0.15, -0.1) is 5.10 Å². The van der Waals surface area contributed by atoms with E-state index in [4.69, 9.17) is 15.7 Å². The Kier molecular flexibility index (Phi) is 4.06. The van der Waals surface area contributed by atoms with E-state index in [0.29, 0.717) is 17.0 Å². The molecule has 0 aromatic carbocycles. The van der Waals surface area contributed by atoms with Crippen LogP contribution in [0, 0.1) is 13.8 Å². The molecule has 0 aliphatic heterocycles. The average Bonchev–Trinajstić information content (AvgIpc) is 2.91. The van der Waals surface area contributed by atoms with Crippen LogP contribution in [0.1, 0.15) is 36.7 Å². The number of hydrogen-bond acceptors (Lipinski definition) is 6. The molecule has 3 N–H and O–H groups in total. The van der Waals surface area contributed by atoms with Gasteiger partial charge in [0.2, 0.25) is 5.88 Å². The lowest BCUT2D eigenvalue weighted by Crippen LogP contribution is -2.18. The van der Waals surface area contributed by atoms with Crippen molar-refractivity contribution >= 4 is 5.84 Å². The summed E-state index contributed by atoms with van der Waals surface area (Å²) in [6.07, 6.45) is 3.32. The number of aryl methyl sites for hydroxylation is 1. The molecule has 0 spiro atoms. The quantitative estimate of drug-likeness (QED) is 0.384. The predicted molar refractivity (Wildman–Crippen MR) is 76.7 cm³/mol. The Morgan fingerprint density at radius 2 is 2.10 bits per heavy atom. The van der Waals surface area contributed by atoms with Gasteiger partial charge in [-0.05, 0) is 33.3 Å². The summed E-state index contributed by atoms with van der Waals surface area (Å²) in [6, 6.07) is 0.219. The zero-order chi connectivity index (χ0) is 15.6. The number of oxime groups is 1. The van der Waals surface area contributed by atoms with Crippen LogP contribution in [-0.4, -0.2) is 31.0 Å². The first-order chi connectivity index (χ1) is 9.93. The first-order valence-corrected chi connectivity index (χ1v) is 6.47. The van der Waals surface area contributed by atoms with Gasteiger partial charge >= 0.3 is 0 Å². The number of ether oxygens (including phenoxy) is 1. The minimum absolute atomic E-state index is 0.0725. The number of hydrogen-bond donors (Lipinski definition) is 2. The van der Waals surface area contributed by atoms with Crippen molar-refractivity contribution in [1.29, 1.82) is 0 Å². The highest BCUT2D eigenvalue weighted by Gasteiger charge is 2.18. The molecule has 0 saturated heterocycles. The van der Waals surface area contributed by atoms with E-state index in [1.54, 1.807) is 24.0 Å². The van der Waals surface area contributed by atoms with E-state index in [9.17, 15) is 0 Å². The topological polar surface area (TPSA) is 111 Å². The third kappa shape index (κ3) is 2.93. The lowest BCUT2D eigenvalue weighted by Gasteiger charge is -2.11. The summed E-state index contributed by atoms with van der Waals surface area (Å²) >= 11 is 0. The fraction of sp³-hybridized carbons (Fsp3) is 0.385. The first kappa shape index (κ1) is 14.8. The third-order valence-electron chi connectivity index (χ3n) is 3.11. The maximum Gasteiger partial charge on any atom is 0.250 e. The van der Waals surface area contributed by atoms with E-state index in [-0.39, 0.29) is 17.8 Å². The molecule has 8 nitrogen and oxygen atoms in total. The SMILES string of the molecule is Cc1nnc(Oc2cnn(C(C)C)c2)c(/C(N)=N/O)c1C. The average molecular weight is 290 g/mol. The Morgan fingerprint density at radius 3 is 2.67 bits per heavy atom. The summed E-state index contributed by atoms with van der Waals surface area (Å²) in [5, 5.41) is 24.1. The van der Waals surface area contributed by atoms with Crippen LogP contribution >= 0.6 is 0 Å². The number of nitrogens with zero attached hydrogens (tertiary/aromatic N) is 5. The number of aromatic nitrogens is 4. The van der Waals surface area contributed by atoms with Gasteiger partial charge in [0.05, 0.1) is 23.7 Å². The summed E-state index contributed by atoms with van der Waals surface area (Å²) < 4.78 is 7.43. The highest BCUT2D eigenvalue weighted by atomic mass is 16.5. The molecule has 0 radical (unpaired) electrons. The summed E-state index contributed by atoms with van der Waals surface area (Å²) in [6.45, 7) is 7.61. The van der Waals surface area contributed by atoms with Gasteiger partial charge in [-0.2, -0.15) is 10.2 Å². The minimum Gasteiger partial charge on any atom is -0.434 e. The molecule has 0 amide bonds. The van der Waals surface area contributed by atoms with Crippen molar-refractivity contribution in [2.24, 2.45) is 10.9 Å². The van der Waals surface area contributed by atoms with Crippen LogP contribution in [0.3, 0.4) is 0 Å². The maximum absolute atomic E-state index is 8.91. The van der Waals surface area contributed by atoms with Gasteiger partial charge in [0.1, 0.15) is 0 Å². The summed E-state index contributed by atoms with van der Waals surface area (Å²) in [5.74, 6) is 0.613. The highest BCUT2D eigenvalue weighted by molar-refractivity contribution is 6.00. The Morgan fingerprint density at radius 1 is 1.38 bits per heavy atom. The zero-order valence-corrected chi connectivity index (χ0v) is 12.4. The second-order valence-corrected chi connectivity index (χ2v) is 4.93. The molecule has 0 saturated carbocycles. The van der Waals surface area contributed by atoms with Crippen LogP contribution < -0.4 is 10.5 Å². The molecule has 112 valence electrons. The van der Waals surface area contributed by atoms with E-state index >= 15 is 0 Å². The minimum atomic E-state index is -0.0725. The molecular weight excluding hydrogens is 272 g/mol. The predicted octanol–water partition coefficient (Wildman–Crippen LogP) is 1.76. The van der Waals surface area contributed by atoms with Crippen LogP contribution in [0.15, 0.2) is 17.5 Å². The Bertz CT molecular complexity index is 677. The van der Waals surface area contributed by atoms with Gasteiger partial charge < -0.3 is 15.7 Å². The van der Waals surface area contributed by atoms with Crippen molar-refractivity contribution in [1.82, 2.24) is 20.0 Å². The van der Waals surface area contributed by atoms with Crippen molar-refractivity contribution < 1.29 is 9.94 Å². The number of nitrogens with two attached hydrogens (primary N) is 1. The van der Waals surface area contributed by atoms with Crippen molar-refractivity contribution in [3.8, 4) is 11.6 Å². The van der Waals surface area contributed by atoms with Gasteiger partial charge in [0.25, 0.3) is 0 Å². The molecule has 0 aliphatic rings. The smallest absolute Gasteiger partial charge is 0.250 e. The molecule has 2 aromatic rings. The van der Waals surface area contributed by atoms with Crippen LogP contribution in [0.4, 0.5) is 0 Å². The first-order valence-electron chi connectivity index (χ1n) is 6.47. The Hall–Kier alpha value is -2.64. The molecule has 21 heavy (non-hydrogen) atoms. The largest absolute Gasteiger partial charge is 0.434 e. The molecular formula is C13H18N6O2. The van der Waals surface area contributed by atoms with Gasteiger partial charge in [-0.1, -0.05) is 5.16 Å². The summed E-state index contributed by atoms with van der Waals surface area (Å²) in [4.78, 5) is 0. The molecule has 0 fully saturated rings. The molecule has 2 heterocycles. The van der Waals surface area contributed by atoms with Crippen molar-refractivity contribution in [3.63, 3.8) is 0 Å². The Balaban J connectivity index is 2.41. The molecule has 0 bridgehead atoms. The fourth-order valence-corrected chi connectivity index (χ4v) is 1.78. The van der Waals surface area contributed by atoms with E-state index in [1.165, 1.54) is 0 Å². The van der Waals surface area contributed by atoms with Gasteiger partial charge in [-0.25, -0.2) is 0 Å². The maximum atomic E-state index is 8.91. The van der Waals surface area contributed by atoms with Crippen molar-refractivity contribution in [3.05, 3.63) is 29.2 Å². The normalized spacial score (nSPS) is 12.0. The molecule has 2 aromatic heterocycles. The third-order valence-corrected chi connectivity index (χ3v) is 3.11. The van der Waals surface area contributed by atoms with Crippen LogP contribution in [0.5, 0.6) is 11.6 Å². The lowest BCUT2D eigenvalue weighted by atomic mass is 10.1. The Labute approximate surface area is 122 Å². The van der Waals surface area contributed by atoms with Gasteiger partial charge in [0.15, 0.2) is 11.6 Å². The molecule has 8 heteroatoms. The van der Waals surface area contributed by atoms with E-state index in [1.807, 2.05) is 20.8 Å². The molecule has 0 atom stereocenters. The summed E-state index contributed by atoms with van der Waals surface area (Å²) in [5.41, 5.74) is 7.55. The van der Waals surface area contributed by atoms with Gasteiger partial charge in [0, 0.05) is 6.04 Å². The second-order valence-electron chi connectivity index (χ2n) is 4.93. The second kappa shape index (κ2) is 5.78. The standard InChI is InChI=1S/C13H18N6O2/c1-7(2)19-6-10(5-15-19)21-13-11(12(14)18-20)8(3)9(4)16-17-13/h5-7,20H,1-4H3,(H2,14,18). The monoisotopic (exact) mass is 290 g/mol. The van der Waals surface area contributed by atoms with Crippen LogP contribution in [0.25, 0.3) is 0 Å². The highest BCUT2D eigenvalue weighted by Crippen LogP contribution is 2.26. The zero-order valence-electron chi connectivity index (χ0n) is 12.4. The molecule has 2 rings (SSSR count). The van der Waals surface area contributed by atoms with Crippen LogP contribution in [0.2, 0.25) is 0 Å². The van der Waals surface area contributed by atoms with E-state index in [2.05, 4.69) is 20.5 Å². The van der Waals surface area contributed by atoms with Crippen molar-refractivity contribution in [2.75, 3.05) is 0 Å². The molecule has 0 aliphatic carbocycles. The van der Waals surface area contributed by atoms with Crippen molar-refractivity contribution in [2.45, 2.75) is 33.7 Å². The number of amidine groups is 1. The van der Waals surface area contributed by atoms with E-state index < -0.39 is 0 Å². The lowest BCUT2D eigenvalue weighted by molar-refractivity contribution is 0.318. The van der Waals surface area contributed by atoms with Gasteiger partial charge in [-0.3, -0.25) is 4.68 Å².